The van der Waals surface area contributed by atoms with Gasteiger partial charge in [-0.1, -0.05) is 26.1 Å². The van der Waals surface area contributed by atoms with Crippen LogP contribution in [0.5, 0.6) is 0 Å². The Balaban J connectivity index is 2.83. The summed E-state index contributed by atoms with van der Waals surface area (Å²) in [5.41, 5.74) is -0.781. The van der Waals surface area contributed by atoms with Crippen LogP contribution in [0.2, 0.25) is 0 Å². The number of hydrogen-bond acceptors (Lipinski definition) is 1. The minimum Gasteiger partial charge on any atom is -0.293 e. The van der Waals surface area contributed by atoms with Crippen LogP contribution < -0.4 is 0 Å². The highest BCUT2D eigenvalue weighted by Gasteiger charge is 2.32. The van der Waals surface area contributed by atoms with E-state index in [-0.39, 0.29) is 4.64 Å². The van der Waals surface area contributed by atoms with Gasteiger partial charge in [0.1, 0.15) is 10.3 Å². The van der Waals surface area contributed by atoms with Crippen molar-refractivity contribution in [2.45, 2.75) is 33.0 Å². The van der Waals surface area contributed by atoms with Gasteiger partial charge in [-0.2, -0.15) is 13.2 Å². The zero-order valence-electron chi connectivity index (χ0n) is 8.56. The molecule has 1 N–H and O–H groups in total. The van der Waals surface area contributed by atoms with E-state index in [0.717, 1.165) is 12.5 Å². The summed E-state index contributed by atoms with van der Waals surface area (Å²) in [4.78, 5) is 0. The molecule has 0 unspecified atom stereocenters. The predicted molar refractivity (Wildman–Crippen MR) is 54.1 cm³/mol. The van der Waals surface area contributed by atoms with Gasteiger partial charge >= 0.3 is 6.18 Å². The molecule has 86 valence electrons. The van der Waals surface area contributed by atoms with Crippen LogP contribution in [-0.4, -0.2) is 9.78 Å². The van der Waals surface area contributed by atoms with Gasteiger partial charge in [0, 0.05) is 12.6 Å². The maximum atomic E-state index is 12.3. The lowest BCUT2D eigenvalue weighted by Gasteiger charge is -2.06. The fourth-order valence-corrected chi connectivity index (χ4v) is 1.39. The molecule has 6 heteroatoms. The van der Waals surface area contributed by atoms with Crippen LogP contribution in [0.4, 0.5) is 13.2 Å². The molecular weight excluding hydrogens is 225 g/mol. The first-order valence-corrected chi connectivity index (χ1v) is 5.08. The molecule has 1 rings (SSSR count). The van der Waals surface area contributed by atoms with Gasteiger partial charge in [-0.25, -0.2) is 0 Å². The second-order valence-corrected chi connectivity index (χ2v) is 4.26. The molecule has 0 saturated heterocycles. The number of H-pyrrole nitrogens is 1. The van der Waals surface area contributed by atoms with E-state index in [1.165, 1.54) is 4.68 Å². The Labute approximate surface area is 91.1 Å². The van der Waals surface area contributed by atoms with Crippen molar-refractivity contribution in [1.82, 2.24) is 9.78 Å². The molecule has 1 aromatic rings. The van der Waals surface area contributed by atoms with E-state index in [1.807, 2.05) is 13.8 Å². The standard InChI is InChI=1S/C9H13F3N2S/c1-6(2)3-4-14-8(15)5-7(13-14)9(10,11)12/h5-6,13H,3-4H2,1-2H3. The first-order chi connectivity index (χ1) is 6.80. The van der Waals surface area contributed by atoms with E-state index in [0.29, 0.717) is 12.5 Å². The van der Waals surface area contributed by atoms with E-state index in [4.69, 9.17) is 12.2 Å². The predicted octanol–water partition coefficient (Wildman–Crippen LogP) is 3.61. The smallest absolute Gasteiger partial charge is 0.293 e. The third-order valence-corrected chi connectivity index (χ3v) is 2.36. The van der Waals surface area contributed by atoms with Crippen molar-refractivity contribution in [2.24, 2.45) is 5.92 Å². The van der Waals surface area contributed by atoms with Gasteiger partial charge < -0.3 is 0 Å². The number of nitrogens with one attached hydrogen (secondary N) is 1. The third-order valence-electron chi connectivity index (χ3n) is 2.02. The van der Waals surface area contributed by atoms with Crippen LogP contribution in [0, 0.1) is 10.6 Å². The summed E-state index contributed by atoms with van der Waals surface area (Å²) in [6.45, 7) is 4.51. The Morgan fingerprint density at radius 3 is 2.47 bits per heavy atom. The van der Waals surface area contributed by atoms with Crippen LogP contribution in [0.15, 0.2) is 6.07 Å². The highest BCUT2D eigenvalue weighted by atomic mass is 32.1. The van der Waals surface area contributed by atoms with E-state index < -0.39 is 11.9 Å². The van der Waals surface area contributed by atoms with Crippen molar-refractivity contribution < 1.29 is 13.2 Å². The normalized spacial score (nSPS) is 12.4. The molecule has 0 bridgehead atoms. The summed E-state index contributed by atoms with van der Waals surface area (Å²) in [5.74, 6) is 0.435. The van der Waals surface area contributed by atoms with Gasteiger partial charge in [0.05, 0.1) is 0 Å². The number of hydrogen-bond donors (Lipinski definition) is 1. The van der Waals surface area contributed by atoms with Crippen molar-refractivity contribution in [3.63, 3.8) is 0 Å². The molecule has 1 heterocycles. The molecule has 0 aliphatic carbocycles. The van der Waals surface area contributed by atoms with E-state index >= 15 is 0 Å². The van der Waals surface area contributed by atoms with Crippen molar-refractivity contribution in [1.29, 1.82) is 0 Å². The van der Waals surface area contributed by atoms with E-state index in [9.17, 15) is 13.2 Å². The molecule has 15 heavy (non-hydrogen) atoms. The Morgan fingerprint density at radius 1 is 1.47 bits per heavy atom. The molecule has 0 aliphatic rings. The average Bonchev–Trinajstić information content (AvgIpc) is 2.42. The van der Waals surface area contributed by atoms with Crippen LogP contribution in [0.1, 0.15) is 26.0 Å². The van der Waals surface area contributed by atoms with Crippen molar-refractivity contribution in [2.75, 3.05) is 0 Å². The summed E-state index contributed by atoms with van der Waals surface area (Å²) in [6, 6.07) is 0.954. The highest BCUT2D eigenvalue weighted by Crippen LogP contribution is 2.27. The van der Waals surface area contributed by atoms with Crippen molar-refractivity contribution >= 4 is 12.2 Å². The van der Waals surface area contributed by atoms with E-state index in [2.05, 4.69) is 5.10 Å². The lowest BCUT2D eigenvalue weighted by Crippen LogP contribution is -2.09. The molecule has 0 aromatic carbocycles. The molecule has 0 fully saturated rings. The van der Waals surface area contributed by atoms with Gasteiger partial charge in [0.2, 0.25) is 0 Å². The molecule has 0 amide bonds. The lowest BCUT2D eigenvalue weighted by atomic mass is 10.1. The summed E-state index contributed by atoms with van der Waals surface area (Å²) < 4.78 is 38.4. The Kier molecular flexibility index (Phi) is 3.59. The maximum Gasteiger partial charge on any atom is 0.432 e. The van der Waals surface area contributed by atoms with Gasteiger partial charge in [-0.15, -0.1) is 0 Å². The average molecular weight is 238 g/mol. The summed E-state index contributed by atoms with van der Waals surface area (Å²) >= 11 is 4.83. The fourth-order valence-electron chi connectivity index (χ4n) is 1.13. The minimum atomic E-state index is -4.35. The third kappa shape index (κ3) is 3.37. The second kappa shape index (κ2) is 4.38. The summed E-state index contributed by atoms with van der Waals surface area (Å²) in [5, 5.41) is 2.26. The highest BCUT2D eigenvalue weighted by molar-refractivity contribution is 7.71. The Hall–Kier alpha value is -0.780. The molecule has 0 radical (unpaired) electrons. The summed E-state index contributed by atoms with van der Waals surface area (Å²) in [7, 11) is 0. The molecule has 0 atom stereocenters. The van der Waals surface area contributed by atoms with Crippen LogP contribution in [0.25, 0.3) is 0 Å². The van der Waals surface area contributed by atoms with Crippen LogP contribution in [-0.2, 0) is 12.7 Å². The van der Waals surface area contributed by atoms with Crippen LogP contribution >= 0.6 is 12.2 Å². The largest absolute Gasteiger partial charge is 0.432 e. The molecule has 0 aliphatic heterocycles. The Bertz CT molecular complexity index is 375. The van der Waals surface area contributed by atoms with E-state index in [1.54, 1.807) is 0 Å². The number of nitrogens with zero attached hydrogens (tertiary/aromatic N) is 1. The number of aromatic amines is 1. The van der Waals surface area contributed by atoms with Gasteiger partial charge in [-0.3, -0.25) is 9.78 Å². The molecule has 0 saturated carbocycles. The number of aromatic nitrogens is 2. The molecule has 1 aromatic heterocycles. The fraction of sp³-hybridized carbons (Fsp3) is 0.667. The van der Waals surface area contributed by atoms with Gasteiger partial charge in [-0.05, 0) is 12.3 Å². The zero-order chi connectivity index (χ0) is 11.6. The zero-order valence-corrected chi connectivity index (χ0v) is 9.37. The molecule has 0 spiro atoms. The number of alkyl halides is 3. The minimum absolute atomic E-state index is 0.197. The SMILES string of the molecule is CC(C)CCn1[nH]c(C(F)(F)F)cc1=S. The summed E-state index contributed by atoms with van der Waals surface area (Å²) in [6.07, 6.45) is -3.55. The first-order valence-electron chi connectivity index (χ1n) is 4.67. The van der Waals surface area contributed by atoms with Crippen molar-refractivity contribution in [3.05, 3.63) is 16.4 Å². The van der Waals surface area contributed by atoms with Crippen molar-refractivity contribution in [3.8, 4) is 0 Å². The number of halogens is 3. The molecular formula is C9H13F3N2S. The maximum absolute atomic E-state index is 12.3. The lowest BCUT2D eigenvalue weighted by molar-refractivity contribution is -0.141. The molecule has 2 nitrogen and oxygen atoms in total. The quantitative estimate of drug-likeness (QED) is 0.798. The van der Waals surface area contributed by atoms with Crippen LogP contribution in [0.3, 0.4) is 0 Å². The Morgan fingerprint density at radius 2 is 2.07 bits per heavy atom. The first kappa shape index (κ1) is 12.3. The van der Waals surface area contributed by atoms with Gasteiger partial charge in [0.25, 0.3) is 0 Å². The van der Waals surface area contributed by atoms with Gasteiger partial charge in [0.15, 0.2) is 0 Å². The monoisotopic (exact) mass is 238 g/mol. The second-order valence-electron chi connectivity index (χ2n) is 3.84. The number of aryl methyl sites for hydroxylation is 1. The topological polar surface area (TPSA) is 20.7 Å². The number of rotatable bonds is 3.